The van der Waals surface area contributed by atoms with Crippen molar-refractivity contribution in [3.63, 3.8) is 0 Å². The molecule has 0 saturated heterocycles. The third-order valence-corrected chi connectivity index (χ3v) is 14.1. The number of nitrogens with zero attached hydrogens (tertiary/aromatic N) is 2. The van der Waals surface area contributed by atoms with Crippen LogP contribution in [0.25, 0.3) is 0 Å². The number of anilines is 2. The van der Waals surface area contributed by atoms with Gasteiger partial charge in [-0.2, -0.15) is 0 Å². The Hall–Kier alpha value is -2.29. The van der Waals surface area contributed by atoms with Gasteiger partial charge in [-0.15, -0.1) is 0 Å². The van der Waals surface area contributed by atoms with Crippen molar-refractivity contribution in [1.29, 1.82) is 0 Å². The molecule has 0 bridgehead atoms. The van der Waals surface area contributed by atoms with Gasteiger partial charge in [-0.3, -0.25) is 4.79 Å². The van der Waals surface area contributed by atoms with E-state index in [0.29, 0.717) is 0 Å². The van der Waals surface area contributed by atoms with E-state index in [1.807, 2.05) is 0 Å². The summed E-state index contributed by atoms with van der Waals surface area (Å²) in [4.78, 5) is 20.2. The van der Waals surface area contributed by atoms with E-state index in [-0.39, 0.29) is 5.78 Å². The molecule has 2 rings (SSSR count). The fraction of sp³-hybridized carbons (Fsp3) is 0.787. The highest BCUT2D eigenvalue weighted by Gasteiger charge is 2.22. The number of rotatable bonds is 48. The lowest BCUT2D eigenvalue weighted by molar-refractivity contribution is 0.103. The second kappa shape index (κ2) is 43.3. The average Bonchev–Trinajstić information content (AvgIpc) is 3.32. The molecule has 0 aliphatic rings. The number of para-hydroxylation sites is 2. The molecule has 0 spiro atoms. The second-order valence-electron chi connectivity index (χ2n) is 20.1. The lowest BCUT2D eigenvalue weighted by Crippen LogP contribution is -2.29. The molecule has 0 radical (unpaired) electrons. The Labute approximate surface area is 400 Å². The van der Waals surface area contributed by atoms with Crippen molar-refractivity contribution in [2.24, 2.45) is 0 Å². The summed E-state index contributed by atoms with van der Waals surface area (Å²) in [7, 11) is 0. The van der Waals surface area contributed by atoms with Gasteiger partial charge in [0.25, 0.3) is 0 Å². The molecule has 0 heterocycles. The van der Waals surface area contributed by atoms with Crippen molar-refractivity contribution in [2.45, 2.75) is 285 Å². The molecule has 2 aromatic carbocycles. The van der Waals surface area contributed by atoms with Gasteiger partial charge in [0.2, 0.25) is 0 Å². The molecule has 0 amide bonds. The largest absolute Gasteiger partial charge is 0.371 e. The molecule has 2 aromatic rings. The number of hydrogen-bond donors (Lipinski definition) is 0. The predicted molar refractivity (Wildman–Crippen MR) is 288 cm³/mol. The molecule has 0 unspecified atom stereocenters. The minimum atomic E-state index is 0.207. The molecule has 368 valence electrons. The van der Waals surface area contributed by atoms with Crippen LogP contribution < -0.4 is 9.80 Å². The summed E-state index contributed by atoms with van der Waals surface area (Å²) in [6.45, 7) is 13.4. The number of carbonyl (C=O) groups excluding carboxylic acids is 1. The van der Waals surface area contributed by atoms with Crippen LogP contribution >= 0.6 is 0 Å². The van der Waals surface area contributed by atoms with Gasteiger partial charge in [-0.25, -0.2) is 0 Å². The molecular weight excluding hydrogens is 777 g/mol. The van der Waals surface area contributed by atoms with Crippen molar-refractivity contribution >= 4 is 17.2 Å². The fourth-order valence-corrected chi connectivity index (χ4v) is 9.89. The SMILES string of the molecule is CCCCCCCCCCCCN(CCCCCCCCCCCC)c1ccccc1C(=O)c1ccccc1N(CCCCCCCCCCCC)CCCCCCCCCCCC. The molecule has 0 fully saturated rings. The zero-order valence-corrected chi connectivity index (χ0v) is 43.5. The Morgan fingerprint density at radius 2 is 0.469 bits per heavy atom. The van der Waals surface area contributed by atoms with Gasteiger partial charge >= 0.3 is 0 Å². The maximum atomic E-state index is 15.0. The molecule has 3 heteroatoms. The monoisotopic (exact) mass is 885 g/mol. The van der Waals surface area contributed by atoms with Gasteiger partial charge in [0, 0.05) is 48.7 Å². The van der Waals surface area contributed by atoms with Crippen molar-refractivity contribution in [3.8, 4) is 0 Å². The maximum Gasteiger partial charge on any atom is 0.197 e. The first kappa shape index (κ1) is 57.8. The lowest BCUT2D eigenvalue weighted by Gasteiger charge is -2.29. The first-order valence-corrected chi connectivity index (χ1v) is 28.9. The van der Waals surface area contributed by atoms with Crippen LogP contribution in [0.5, 0.6) is 0 Å². The van der Waals surface area contributed by atoms with Gasteiger partial charge in [-0.05, 0) is 49.9 Å². The van der Waals surface area contributed by atoms with Gasteiger partial charge in [0.05, 0.1) is 0 Å². The van der Waals surface area contributed by atoms with Crippen LogP contribution in [-0.4, -0.2) is 32.0 Å². The highest BCUT2D eigenvalue weighted by atomic mass is 16.1. The quantitative estimate of drug-likeness (QED) is 0.0489. The summed E-state index contributed by atoms with van der Waals surface area (Å²) < 4.78 is 0. The highest BCUT2D eigenvalue weighted by Crippen LogP contribution is 2.30. The number of carbonyl (C=O) groups is 1. The summed E-state index contributed by atoms with van der Waals surface area (Å²) in [5, 5.41) is 0. The predicted octanol–water partition coefficient (Wildman–Crippen LogP) is 20.2. The smallest absolute Gasteiger partial charge is 0.197 e. The topological polar surface area (TPSA) is 23.6 Å². The highest BCUT2D eigenvalue weighted by molar-refractivity contribution is 6.15. The number of hydrogen-bond acceptors (Lipinski definition) is 3. The van der Waals surface area contributed by atoms with Gasteiger partial charge in [-0.1, -0.05) is 283 Å². The van der Waals surface area contributed by atoms with Crippen LogP contribution in [0.3, 0.4) is 0 Å². The molecule has 0 saturated carbocycles. The van der Waals surface area contributed by atoms with E-state index < -0.39 is 0 Å². The van der Waals surface area contributed by atoms with E-state index in [1.165, 1.54) is 257 Å². The summed E-state index contributed by atoms with van der Waals surface area (Å²) in [5.41, 5.74) is 4.11. The first-order chi connectivity index (χ1) is 31.7. The lowest BCUT2D eigenvalue weighted by atomic mass is 9.98. The molecule has 0 aromatic heterocycles. The van der Waals surface area contributed by atoms with E-state index in [2.05, 4.69) is 86.0 Å². The zero-order valence-electron chi connectivity index (χ0n) is 43.5. The molecule has 0 N–H and O–H groups in total. The van der Waals surface area contributed by atoms with Gasteiger partial charge in [0.15, 0.2) is 5.78 Å². The molecule has 64 heavy (non-hydrogen) atoms. The Morgan fingerprint density at radius 3 is 0.688 bits per heavy atom. The van der Waals surface area contributed by atoms with E-state index >= 15 is 4.79 Å². The average molecular weight is 886 g/mol. The van der Waals surface area contributed by atoms with E-state index in [0.717, 1.165) is 48.7 Å². The molecule has 0 aliphatic carbocycles. The summed E-state index contributed by atoms with van der Waals surface area (Å²) in [5.74, 6) is 0.207. The van der Waals surface area contributed by atoms with Crippen LogP contribution in [0, 0.1) is 0 Å². The number of ketones is 1. The Morgan fingerprint density at radius 1 is 0.281 bits per heavy atom. The molecule has 3 nitrogen and oxygen atoms in total. The van der Waals surface area contributed by atoms with Gasteiger partial charge in [0.1, 0.15) is 0 Å². The van der Waals surface area contributed by atoms with Crippen LogP contribution in [0.1, 0.15) is 300 Å². The summed E-state index contributed by atoms with van der Waals surface area (Å²) in [6.07, 6.45) is 54.1. The maximum absolute atomic E-state index is 15.0. The Balaban J connectivity index is 2.15. The Bertz CT molecular complexity index is 1160. The molecule has 0 aliphatic heterocycles. The standard InChI is InChI=1S/C61H108N2O/c1-5-9-13-17-21-25-29-33-37-45-53-62(54-46-38-34-30-26-22-18-14-10-6-2)59-51-43-41-49-57(59)61(64)58-50-42-44-52-60(58)63(55-47-39-35-31-27-23-19-15-11-7-3)56-48-40-36-32-28-24-20-16-12-8-4/h41-44,49-52H,5-40,45-48,53-56H2,1-4H3. The summed E-state index contributed by atoms with van der Waals surface area (Å²) >= 11 is 0. The molecular formula is C61H108N2O. The minimum Gasteiger partial charge on any atom is -0.371 e. The first-order valence-electron chi connectivity index (χ1n) is 28.9. The van der Waals surface area contributed by atoms with Crippen LogP contribution in [0.2, 0.25) is 0 Å². The third kappa shape index (κ3) is 29.4. The van der Waals surface area contributed by atoms with Crippen molar-refractivity contribution < 1.29 is 4.79 Å². The second-order valence-corrected chi connectivity index (χ2v) is 20.1. The van der Waals surface area contributed by atoms with Crippen molar-refractivity contribution in [3.05, 3.63) is 59.7 Å². The van der Waals surface area contributed by atoms with Crippen molar-refractivity contribution in [1.82, 2.24) is 0 Å². The van der Waals surface area contributed by atoms with E-state index in [4.69, 9.17) is 0 Å². The van der Waals surface area contributed by atoms with Crippen LogP contribution in [0.4, 0.5) is 11.4 Å². The number of unbranched alkanes of at least 4 members (excludes halogenated alkanes) is 36. The Kier molecular flexibility index (Phi) is 39.1. The normalized spacial score (nSPS) is 11.4. The van der Waals surface area contributed by atoms with Gasteiger partial charge < -0.3 is 9.80 Å². The van der Waals surface area contributed by atoms with E-state index in [9.17, 15) is 0 Å². The molecule has 0 atom stereocenters. The summed E-state index contributed by atoms with van der Waals surface area (Å²) in [6, 6.07) is 17.3. The van der Waals surface area contributed by atoms with Crippen LogP contribution in [-0.2, 0) is 0 Å². The zero-order chi connectivity index (χ0) is 45.8. The fourth-order valence-electron chi connectivity index (χ4n) is 9.89. The van der Waals surface area contributed by atoms with E-state index in [1.54, 1.807) is 0 Å². The van der Waals surface area contributed by atoms with Crippen molar-refractivity contribution in [2.75, 3.05) is 36.0 Å². The van der Waals surface area contributed by atoms with Crippen LogP contribution in [0.15, 0.2) is 48.5 Å². The minimum absolute atomic E-state index is 0.207. The number of benzene rings is 2. The third-order valence-electron chi connectivity index (χ3n) is 14.1.